The highest BCUT2D eigenvalue weighted by Crippen LogP contribution is 2.24. The normalized spacial score (nSPS) is 10.9. The summed E-state index contributed by atoms with van der Waals surface area (Å²) in [6, 6.07) is 1.64. The van der Waals surface area contributed by atoms with Crippen LogP contribution in [0, 0.1) is 0 Å². The summed E-state index contributed by atoms with van der Waals surface area (Å²) in [4.78, 5) is 22.9. The van der Waals surface area contributed by atoms with Gasteiger partial charge >= 0.3 is 5.97 Å². The molecule has 7 heteroatoms. The number of hydrogen-bond donors (Lipinski definition) is 1. The quantitative estimate of drug-likeness (QED) is 0.841. The molecule has 0 radical (unpaired) electrons. The number of aromatic nitrogens is 2. The molecule has 0 unspecified atom stereocenters. The summed E-state index contributed by atoms with van der Waals surface area (Å²) in [6.07, 6.45) is 3.03. The molecule has 2 rings (SSSR count). The summed E-state index contributed by atoms with van der Waals surface area (Å²) >= 11 is 2.04. The molecule has 0 saturated heterocycles. The second kappa shape index (κ2) is 4.13. The SMILES string of the molecule is Cn1cc(C(=O)O)c2ccn(SI)c2c1=O. The van der Waals surface area contributed by atoms with Crippen LogP contribution < -0.4 is 5.56 Å². The number of rotatable bonds is 2. The first-order valence-corrected chi connectivity index (χ1v) is 7.61. The van der Waals surface area contributed by atoms with Crippen LogP contribution >= 0.6 is 30.3 Å². The van der Waals surface area contributed by atoms with Gasteiger partial charge in [-0.15, -0.1) is 0 Å². The monoisotopic (exact) mass is 350 g/mol. The number of aryl methyl sites for hydroxylation is 1. The first-order chi connectivity index (χ1) is 7.56. The van der Waals surface area contributed by atoms with E-state index < -0.39 is 5.97 Å². The fourth-order valence-corrected chi connectivity index (χ4v) is 2.90. The number of pyridine rings is 1. The van der Waals surface area contributed by atoms with E-state index in [4.69, 9.17) is 5.11 Å². The number of carboxylic acids is 1. The Kier molecular flexibility index (Phi) is 2.98. The van der Waals surface area contributed by atoms with Crippen molar-refractivity contribution in [1.82, 2.24) is 8.54 Å². The van der Waals surface area contributed by atoms with Crippen molar-refractivity contribution in [2.45, 2.75) is 0 Å². The lowest BCUT2D eigenvalue weighted by Crippen LogP contribution is -2.19. The van der Waals surface area contributed by atoms with Crippen molar-refractivity contribution in [3.8, 4) is 0 Å². The number of aromatic carboxylic acids is 1. The Morgan fingerprint density at radius 2 is 2.25 bits per heavy atom. The molecule has 0 aliphatic carbocycles. The van der Waals surface area contributed by atoms with Gasteiger partial charge in [-0.1, -0.05) is 0 Å². The molecule has 0 atom stereocenters. The predicted molar refractivity (Wildman–Crippen MR) is 71.1 cm³/mol. The van der Waals surface area contributed by atoms with Gasteiger partial charge in [0.1, 0.15) is 5.52 Å². The van der Waals surface area contributed by atoms with E-state index in [1.165, 1.54) is 19.9 Å². The Morgan fingerprint density at radius 3 is 2.81 bits per heavy atom. The molecule has 0 amide bonds. The van der Waals surface area contributed by atoms with Crippen molar-refractivity contribution >= 4 is 47.2 Å². The molecule has 0 saturated carbocycles. The number of fused-ring (bicyclic) bond motifs is 1. The third-order valence-electron chi connectivity index (χ3n) is 2.29. The van der Waals surface area contributed by atoms with Gasteiger partial charge in [0, 0.05) is 55.2 Å². The van der Waals surface area contributed by atoms with Gasteiger partial charge in [-0.2, -0.15) is 0 Å². The molecule has 0 fully saturated rings. The highest BCUT2D eigenvalue weighted by molar-refractivity contribution is 14.2. The topological polar surface area (TPSA) is 64.2 Å². The molecule has 0 bridgehead atoms. The molecular weight excluding hydrogens is 343 g/mol. The molecule has 0 aromatic carbocycles. The third kappa shape index (κ3) is 1.63. The van der Waals surface area contributed by atoms with E-state index >= 15 is 0 Å². The first kappa shape index (κ1) is 11.5. The van der Waals surface area contributed by atoms with Gasteiger partial charge in [0.15, 0.2) is 0 Å². The molecule has 84 valence electrons. The Hall–Kier alpha value is -0.960. The highest BCUT2D eigenvalue weighted by Gasteiger charge is 2.15. The van der Waals surface area contributed by atoms with Crippen molar-refractivity contribution in [3.63, 3.8) is 0 Å². The maximum atomic E-state index is 11.9. The van der Waals surface area contributed by atoms with Crippen LogP contribution in [0.5, 0.6) is 0 Å². The minimum atomic E-state index is -1.03. The van der Waals surface area contributed by atoms with Gasteiger partial charge in [0.05, 0.1) is 5.56 Å². The van der Waals surface area contributed by atoms with Crippen molar-refractivity contribution < 1.29 is 9.90 Å². The Morgan fingerprint density at radius 1 is 1.56 bits per heavy atom. The highest BCUT2D eigenvalue weighted by atomic mass is 127. The van der Waals surface area contributed by atoms with Crippen LogP contribution in [0.25, 0.3) is 10.9 Å². The second-order valence-electron chi connectivity index (χ2n) is 3.24. The smallest absolute Gasteiger partial charge is 0.337 e. The van der Waals surface area contributed by atoms with Crippen molar-refractivity contribution in [2.24, 2.45) is 7.05 Å². The van der Waals surface area contributed by atoms with E-state index in [0.717, 1.165) is 0 Å². The lowest BCUT2D eigenvalue weighted by molar-refractivity contribution is 0.0698. The Labute approximate surface area is 107 Å². The van der Waals surface area contributed by atoms with Crippen molar-refractivity contribution in [1.29, 1.82) is 0 Å². The summed E-state index contributed by atoms with van der Waals surface area (Å²) in [7, 11) is 2.87. The largest absolute Gasteiger partial charge is 0.478 e. The van der Waals surface area contributed by atoms with Gasteiger partial charge in [-0.25, -0.2) is 4.79 Å². The van der Waals surface area contributed by atoms with E-state index in [1.54, 1.807) is 23.3 Å². The lowest BCUT2D eigenvalue weighted by Gasteiger charge is -2.03. The lowest BCUT2D eigenvalue weighted by atomic mass is 10.2. The minimum Gasteiger partial charge on any atom is -0.478 e. The fourth-order valence-electron chi connectivity index (χ4n) is 1.56. The Balaban J connectivity index is 2.98. The average Bonchev–Trinajstić information content (AvgIpc) is 2.66. The number of hydrogen-bond acceptors (Lipinski definition) is 3. The maximum absolute atomic E-state index is 11.9. The summed E-state index contributed by atoms with van der Waals surface area (Å²) in [5.41, 5.74) is 0.345. The van der Waals surface area contributed by atoms with Gasteiger partial charge in [-0.3, -0.25) is 8.77 Å². The second-order valence-corrected chi connectivity index (χ2v) is 4.95. The van der Waals surface area contributed by atoms with Gasteiger partial charge in [0.25, 0.3) is 5.56 Å². The van der Waals surface area contributed by atoms with Crippen LogP contribution in [-0.2, 0) is 7.05 Å². The summed E-state index contributed by atoms with van der Waals surface area (Å²) in [6.45, 7) is 0. The predicted octanol–water partition coefficient (Wildman–Crippen LogP) is 1.88. The first-order valence-electron chi connectivity index (χ1n) is 4.29. The molecule has 16 heavy (non-hydrogen) atoms. The van der Waals surface area contributed by atoms with Crippen LogP contribution in [0.1, 0.15) is 10.4 Å². The van der Waals surface area contributed by atoms with Gasteiger partial charge in [-0.05, 0) is 6.07 Å². The summed E-state index contributed by atoms with van der Waals surface area (Å²) < 4.78 is 2.94. The zero-order valence-corrected chi connectivity index (χ0v) is 11.2. The van der Waals surface area contributed by atoms with E-state index in [-0.39, 0.29) is 11.1 Å². The molecule has 2 heterocycles. The third-order valence-corrected chi connectivity index (χ3v) is 4.02. The number of carbonyl (C=O) groups is 1. The van der Waals surface area contributed by atoms with Gasteiger partial charge < -0.3 is 9.67 Å². The molecular formula is C9H7IN2O3S. The Bertz CT molecular complexity index is 631. The van der Waals surface area contributed by atoms with Crippen LogP contribution in [0.4, 0.5) is 0 Å². The zero-order chi connectivity index (χ0) is 11.9. The molecule has 0 aliphatic heterocycles. The number of carboxylic acid groups (broad SMARTS) is 1. The zero-order valence-electron chi connectivity index (χ0n) is 8.18. The molecule has 0 spiro atoms. The average molecular weight is 350 g/mol. The number of halogens is 1. The van der Waals surface area contributed by atoms with Crippen LogP contribution in [0.2, 0.25) is 0 Å². The van der Waals surface area contributed by atoms with E-state index in [0.29, 0.717) is 10.9 Å². The van der Waals surface area contributed by atoms with Crippen LogP contribution in [0.15, 0.2) is 23.3 Å². The summed E-state index contributed by atoms with van der Waals surface area (Å²) in [5, 5.41) is 9.52. The molecule has 0 aliphatic rings. The molecule has 1 N–H and O–H groups in total. The minimum absolute atomic E-state index is 0.140. The molecule has 2 aromatic heterocycles. The van der Waals surface area contributed by atoms with Crippen molar-refractivity contribution in [3.05, 3.63) is 34.4 Å². The van der Waals surface area contributed by atoms with E-state index in [2.05, 4.69) is 0 Å². The number of nitrogens with zero attached hydrogens (tertiary/aromatic N) is 2. The molecule has 5 nitrogen and oxygen atoms in total. The van der Waals surface area contributed by atoms with Crippen LogP contribution in [0.3, 0.4) is 0 Å². The fraction of sp³-hybridized carbons (Fsp3) is 0.111. The van der Waals surface area contributed by atoms with Gasteiger partial charge in [0.2, 0.25) is 0 Å². The van der Waals surface area contributed by atoms with Crippen LogP contribution in [-0.4, -0.2) is 19.6 Å². The van der Waals surface area contributed by atoms with E-state index in [1.807, 2.05) is 21.2 Å². The van der Waals surface area contributed by atoms with Crippen molar-refractivity contribution in [2.75, 3.05) is 0 Å². The van der Waals surface area contributed by atoms with E-state index in [9.17, 15) is 9.59 Å². The standard InChI is InChI=1S/C9H7IN2O3S/c1-11-4-6(9(14)15)5-2-3-12(16-10)7(5)8(11)13/h2-4H,1H3,(H,14,15). The molecule has 2 aromatic rings. The maximum Gasteiger partial charge on any atom is 0.337 e. The summed E-state index contributed by atoms with van der Waals surface area (Å²) in [5.74, 6) is -1.03.